The topological polar surface area (TPSA) is 58.5 Å². The molecule has 1 aliphatic rings. The van der Waals surface area contributed by atoms with Crippen LogP contribution in [0.15, 0.2) is 57.8 Å². The molecule has 108 valence electrons. The number of halogens is 1. The number of rotatable bonds is 2. The molecule has 0 amide bonds. The second kappa shape index (κ2) is 5.71. The molecule has 0 saturated carbocycles. The Hall–Kier alpha value is -1.50. The maximum atomic E-state index is 12.1. The van der Waals surface area contributed by atoms with Crippen molar-refractivity contribution >= 4 is 44.2 Å². The highest BCUT2D eigenvalue weighted by Gasteiger charge is 2.24. The van der Waals surface area contributed by atoms with Crippen LogP contribution in [0.5, 0.6) is 0 Å². The number of para-hydroxylation sites is 1. The summed E-state index contributed by atoms with van der Waals surface area (Å²) in [6.07, 6.45) is 0. The maximum Gasteiger partial charge on any atom is 0.286 e. The van der Waals surface area contributed by atoms with Crippen LogP contribution in [-0.4, -0.2) is 13.6 Å². The van der Waals surface area contributed by atoms with Gasteiger partial charge in [0.1, 0.15) is 4.90 Å². The number of hydrogen-bond acceptors (Lipinski definition) is 4. The zero-order valence-corrected chi connectivity index (χ0v) is 13.2. The molecule has 0 aliphatic carbocycles. The number of fused-ring (bicyclic) bond motifs is 1. The summed E-state index contributed by atoms with van der Waals surface area (Å²) in [7, 11) is -3.63. The molecule has 1 aliphatic heterocycles. The molecule has 7 heteroatoms. The Kier molecular flexibility index (Phi) is 3.93. The monoisotopic (exact) mass is 338 g/mol. The highest BCUT2D eigenvalue weighted by molar-refractivity contribution is 8.14. The average molecular weight is 339 g/mol. The first-order valence-electron chi connectivity index (χ1n) is 6.13. The molecule has 2 aromatic rings. The molecule has 0 atom stereocenters. The van der Waals surface area contributed by atoms with E-state index >= 15 is 0 Å². The quantitative estimate of drug-likeness (QED) is 0.906. The normalized spacial score (nSPS) is 15.8. The number of hydrogen-bond donors (Lipinski definition) is 1. The highest BCUT2D eigenvalue weighted by Crippen LogP contribution is 2.30. The van der Waals surface area contributed by atoms with Crippen molar-refractivity contribution in [2.75, 3.05) is 5.32 Å². The molecular formula is C14H11ClN2O2S2. The van der Waals surface area contributed by atoms with Crippen LogP contribution in [0, 0.1) is 0 Å². The average Bonchev–Trinajstić information content (AvgIpc) is 2.46. The zero-order chi connectivity index (χ0) is 14.9. The van der Waals surface area contributed by atoms with E-state index in [1.165, 1.54) is 17.8 Å². The van der Waals surface area contributed by atoms with Gasteiger partial charge in [0.2, 0.25) is 0 Å². The molecule has 0 spiro atoms. The van der Waals surface area contributed by atoms with E-state index in [1.807, 2.05) is 18.2 Å². The summed E-state index contributed by atoms with van der Waals surface area (Å²) in [6, 6.07) is 14.2. The third kappa shape index (κ3) is 3.07. The molecule has 0 fully saturated rings. The SMILES string of the molecule is O=S1(=O)N=C(SCc2ccccc2Cl)Nc2ccccc21. The van der Waals surface area contributed by atoms with E-state index in [4.69, 9.17) is 11.6 Å². The van der Waals surface area contributed by atoms with Gasteiger partial charge in [-0.15, -0.1) is 4.40 Å². The number of nitrogens with zero attached hydrogens (tertiary/aromatic N) is 1. The first kappa shape index (κ1) is 14.4. The molecule has 1 heterocycles. The molecule has 0 bridgehead atoms. The Morgan fingerprint density at radius 3 is 2.62 bits per heavy atom. The molecule has 1 N–H and O–H groups in total. The lowest BCUT2D eigenvalue weighted by Gasteiger charge is -2.17. The lowest BCUT2D eigenvalue weighted by atomic mass is 10.2. The zero-order valence-electron chi connectivity index (χ0n) is 10.8. The van der Waals surface area contributed by atoms with E-state index in [0.717, 1.165) is 5.56 Å². The van der Waals surface area contributed by atoms with Gasteiger partial charge in [-0.25, -0.2) is 0 Å². The fourth-order valence-electron chi connectivity index (χ4n) is 1.92. The van der Waals surface area contributed by atoms with E-state index in [2.05, 4.69) is 9.71 Å². The summed E-state index contributed by atoms with van der Waals surface area (Å²) in [5.41, 5.74) is 1.49. The van der Waals surface area contributed by atoms with Crippen LogP contribution in [0.3, 0.4) is 0 Å². The summed E-state index contributed by atoms with van der Waals surface area (Å²) in [6.45, 7) is 0. The fraction of sp³-hybridized carbons (Fsp3) is 0.0714. The van der Waals surface area contributed by atoms with Gasteiger partial charge in [-0.3, -0.25) is 0 Å². The van der Waals surface area contributed by atoms with Crippen molar-refractivity contribution in [1.29, 1.82) is 0 Å². The summed E-state index contributed by atoms with van der Waals surface area (Å²) in [4.78, 5) is 0.201. The van der Waals surface area contributed by atoms with Crippen LogP contribution >= 0.6 is 23.4 Å². The summed E-state index contributed by atoms with van der Waals surface area (Å²) in [5, 5.41) is 4.05. The van der Waals surface area contributed by atoms with Crippen LogP contribution in [-0.2, 0) is 15.8 Å². The van der Waals surface area contributed by atoms with E-state index in [9.17, 15) is 8.42 Å². The van der Waals surface area contributed by atoms with Gasteiger partial charge in [0.15, 0.2) is 5.17 Å². The number of sulfonamides is 1. The summed E-state index contributed by atoms with van der Waals surface area (Å²) < 4.78 is 28.0. The summed E-state index contributed by atoms with van der Waals surface area (Å²) in [5.74, 6) is 0.545. The highest BCUT2D eigenvalue weighted by atomic mass is 35.5. The van der Waals surface area contributed by atoms with Crippen molar-refractivity contribution in [3.05, 3.63) is 59.1 Å². The Morgan fingerprint density at radius 1 is 1.10 bits per heavy atom. The van der Waals surface area contributed by atoms with Crippen LogP contribution in [0.4, 0.5) is 5.69 Å². The minimum atomic E-state index is -3.63. The molecule has 0 saturated heterocycles. The molecule has 4 nitrogen and oxygen atoms in total. The van der Waals surface area contributed by atoms with Crippen LogP contribution < -0.4 is 5.32 Å². The van der Waals surface area contributed by atoms with E-state index in [1.54, 1.807) is 24.3 Å². The second-order valence-electron chi connectivity index (χ2n) is 4.37. The minimum absolute atomic E-state index is 0.201. The Morgan fingerprint density at radius 2 is 1.81 bits per heavy atom. The number of anilines is 1. The molecule has 21 heavy (non-hydrogen) atoms. The third-order valence-corrected chi connectivity index (χ3v) is 5.67. The van der Waals surface area contributed by atoms with E-state index in [-0.39, 0.29) is 4.90 Å². The molecule has 3 rings (SSSR count). The standard InChI is InChI=1S/C14H11ClN2O2S2/c15-11-6-2-1-5-10(11)9-20-14-16-12-7-3-4-8-13(12)21(18,19)17-14/h1-8H,9H2,(H,16,17). The van der Waals surface area contributed by atoms with Crippen LogP contribution in [0.25, 0.3) is 0 Å². The molecule has 2 aromatic carbocycles. The Balaban J connectivity index is 1.83. The van der Waals surface area contributed by atoms with Crippen molar-refractivity contribution in [3.8, 4) is 0 Å². The van der Waals surface area contributed by atoms with Gasteiger partial charge in [0.05, 0.1) is 5.69 Å². The molecule has 0 unspecified atom stereocenters. The van der Waals surface area contributed by atoms with Gasteiger partial charge in [-0.2, -0.15) is 8.42 Å². The predicted octanol–water partition coefficient (Wildman–Crippen LogP) is 3.74. The Bertz CT molecular complexity index is 819. The van der Waals surface area contributed by atoms with Crippen molar-refractivity contribution in [1.82, 2.24) is 0 Å². The number of benzene rings is 2. The molecular weight excluding hydrogens is 328 g/mol. The lowest BCUT2D eigenvalue weighted by Crippen LogP contribution is -2.18. The largest absolute Gasteiger partial charge is 0.333 e. The third-order valence-electron chi connectivity index (χ3n) is 2.93. The molecule has 0 radical (unpaired) electrons. The maximum absolute atomic E-state index is 12.1. The first-order chi connectivity index (χ1) is 10.1. The predicted molar refractivity (Wildman–Crippen MR) is 87.4 cm³/mol. The van der Waals surface area contributed by atoms with Gasteiger partial charge in [0.25, 0.3) is 10.0 Å². The van der Waals surface area contributed by atoms with E-state index in [0.29, 0.717) is 21.6 Å². The summed E-state index contributed by atoms with van der Waals surface area (Å²) >= 11 is 7.39. The van der Waals surface area contributed by atoms with Crippen molar-refractivity contribution < 1.29 is 8.42 Å². The number of amidine groups is 1. The minimum Gasteiger partial charge on any atom is -0.333 e. The second-order valence-corrected chi connectivity index (χ2v) is 7.32. The first-order valence-corrected chi connectivity index (χ1v) is 8.94. The number of nitrogens with one attached hydrogen (secondary N) is 1. The van der Waals surface area contributed by atoms with Crippen molar-refractivity contribution in [2.24, 2.45) is 4.40 Å². The van der Waals surface area contributed by atoms with Gasteiger partial charge >= 0.3 is 0 Å². The number of thioether (sulfide) groups is 1. The van der Waals surface area contributed by atoms with Crippen molar-refractivity contribution in [3.63, 3.8) is 0 Å². The fourth-order valence-corrected chi connectivity index (χ4v) is 4.44. The van der Waals surface area contributed by atoms with Crippen molar-refractivity contribution in [2.45, 2.75) is 10.6 Å². The van der Waals surface area contributed by atoms with E-state index < -0.39 is 10.0 Å². The lowest BCUT2D eigenvalue weighted by molar-refractivity contribution is 0.598. The van der Waals surface area contributed by atoms with Gasteiger partial charge in [-0.1, -0.05) is 53.7 Å². The van der Waals surface area contributed by atoms with Gasteiger partial charge in [-0.05, 0) is 23.8 Å². The molecule has 0 aromatic heterocycles. The van der Waals surface area contributed by atoms with Gasteiger partial charge < -0.3 is 5.32 Å². The Labute approximate surface area is 132 Å². The van der Waals surface area contributed by atoms with Gasteiger partial charge in [0, 0.05) is 10.8 Å². The van der Waals surface area contributed by atoms with Crippen LogP contribution in [0.1, 0.15) is 5.56 Å². The smallest absolute Gasteiger partial charge is 0.286 e. The van der Waals surface area contributed by atoms with Crippen LogP contribution in [0.2, 0.25) is 5.02 Å².